The van der Waals surface area contributed by atoms with Gasteiger partial charge in [-0.15, -0.1) is 0 Å². The largest absolute Gasteiger partial charge is 0.362 e. The lowest BCUT2D eigenvalue weighted by Gasteiger charge is -2.15. The molecule has 1 aromatic heterocycles. The molecule has 17 heavy (non-hydrogen) atoms. The number of amides is 1. The Morgan fingerprint density at radius 2 is 2.47 bits per heavy atom. The standard InChI is InChI=1S/C11H17N3O3/c1-8-3-4-14(5-8)11(15)7-16-6-10-12-9(2)13-17-10/h8H,3-7H2,1-2H3/t8-/m1/s1. The van der Waals surface area contributed by atoms with Gasteiger partial charge in [-0.1, -0.05) is 12.1 Å². The van der Waals surface area contributed by atoms with Crippen LogP contribution in [0.2, 0.25) is 0 Å². The molecule has 1 aromatic rings. The molecule has 1 amide bonds. The van der Waals surface area contributed by atoms with E-state index in [0.29, 0.717) is 17.6 Å². The second-order valence-corrected chi connectivity index (χ2v) is 4.46. The molecule has 0 saturated carbocycles. The van der Waals surface area contributed by atoms with E-state index >= 15 is 0 Å². The summed E-state index contributed by atoms with van der Waals surface area (Å²) in [4.78, 5) is 17.5. The van der Waals surface area contributed by atoms with Crippen molar-refractivity contribution >= 4 is 5.91 Å². The third-order valence-electron chi connectivity index (χ3n) is 2.80. The molecule has 1 aliphatic heterocycles. The van der Waals surface area contributed by atoms with E-state index in [1.807, 2.05) is 4.90 Å². The van der Waals surface area contributed by atoms with Gasteiger partial charge in [-0.05, 0) is 19.3 Å². The number of likely N-dealkylation sites (tertiary alicyclic amines) is 1. The van der Waals surface area contributed by atoms with Gasteiger partial charge in [0.05, 0.1) is 0 Å². The first-order chi connectivity index (χ1) is 8.15. The van der Waals surface area contributed by atoms with E-state index < -0.39 is 0 Å². The Labute approximate surface area is 99.9 Å². The van der Waals surface area contributed by atoms with E-state index in [1.165, 1.54) is 0 Å². The van der Waals surface area contributed by atoms with Gasteiger partial charge in [0.25, 0.3) is 5.89 Å². The molecule has 1 aliphatic rings. The summed E-state index contributed by atoms with van der Waals surface area (Å²) in [5.41, 5.74) is 0. The summed E-state index contributed by atoms with van der Waals surface area (Å²) in [5, 5.41) is 3.64. The van der Waals surface area contributed by atoms with Crippen molar-refractivity contribution in [2.45, 2.75) is 26.9 Å². The lowest BCUT2D eigenvalue weighted by molar-refractivity contribution is -0.135. The van der Waals surface area contributed by atoms with Gasteiger partial charge in [-0.25, -0.2) is 0 Å². The quantitative estimate of drug-likeness (QED) is 0.776. The normalized spacial score (nSPS) is 19.9. The third kappa shape index (κ3) is 3.26. The fourth-order valence-corrected chi connectivity index (χ4v) is 1.88. The van der Waals surface area contributed by atoms with Crippen LogP contribution in [0, 0.1) is 12.8 Å². The SMILES string of the molecule is Cc1noc(COCC(=O)N2CC[C@@H](C)C2)n1. The van der Waals surface area contributed by atoms with Crippen molar-refractivity contribution in [3.8, 4) is 0 Å². The van der Waals surface area contributed by atoms with E-state index in [2.05, 4.69) is 17.1 Å². The van der Waals surface area contributed by atoms with Gasteiger partial charge >= 0.3 is 0 Å². The molecule has 94 valence electrons. The summed E-state index contributed by atoms with van der Waals surface area (Å²) in [6.07, 6.45) is 1.08. The van der Waals surface area contributed by atoms with Gasteiger partial charge in [-0.3, -0.25) is 4.79 Å². The van der Waals surface area contributed by atoms with E-state index in [9.17, 15) is 4.79 Å². The Balaban J connectivity index is 1.70. The van der Waals surface area contributed by atoms with Crippen LogP contribution in [0.4, 0.5) is 0 Å². The predicted molar refractivity (Wildman–Crippen MR) is 59.1 cm³/mol. The number of aromatic nitrogens is 2. The molecule has 2 rings (SSSR count). The average molecular weight is 239 g/mol. The summed E-state index contributed by atoms with van der Waals surface area (Å²) in [7, 11) is 0. The topological polar surface area (TPSA) is 68.5 Å². The molecular formula is C11H17N3O3. The highest BCUT2D eigenvalue weighted by Crippen LogP contribution is 2.14. The van der Waals surface area contributed by atoms with Crippen LogP contribution in [-0.2, 0) is 16.1 Å². The fraction of sp³-hybridized carbons (Fsp3) is 0.727. The summed E-state index contributed by atoms with van der Waals surface area (Å²) in [6.45, 7) is 5.83. The molecule has 0 aliphatic carbocycles. The molecular weight excluding hydrogens is 222 g/mol. The van der Waals surface area contributed by atoms with Crippen molar-refractivity contribution in [1.82, 2.24) is 15.0 Å². The Morgan fingerprint density at radius 3 is 3.06 bits per heavy atom. The molecule has 2 heterocycles. The van der Waals surface area contributed by atoms with Crippen LogP contribution < -0.4 is 0 Å². The highest BCUT2D eigenvalue weighted by atomic mass is 16.5. The minimum Gasteiger partial charge on any atom is -0.362 e. The van der Waals surface area contributed by atoms with Gasteiger partial charge in [0.1, 0.15) is 13.2 Å². The van der Waals surface area contributed by atoms with Crippen LogP contribution in [0.1, 0.15) is 25.1 Å². The lowest BCUT2D eigenvalue weighted by Crippen LogP contribution is -2.31. The summed E-state index contributed by atoms with van der Waals surface area (Å²) >= 11 is 0. The van der Waals surface area contributed by atoms with Crippen LogP contribution in [0.5, 0.6) is 0 Å². The zero-order valence-electron chi connectivity index (χ0n) is 10.2. The molecule has 0 unspecified atom stereocenters. The van der Waals surface area contributed by atoms with Crippen molar-refractivity contribution in [3.63, 3.8) is 0 Å². The molecule has 0 bridgehead atoms. The Hall–Kier alpha value is -1.43. The average Bonchev–Trinajstić information content (AvgIpc) is 2.88. The second-order valence-electron chi connectivity index (χ2n) is 4.46. The highest BCUT2D eigenvalue weighted by Gasteiger charge is 2.23. The van der Waals surface area contributed by atoms with Gasteiger partial charge in [0, 0.05) is 13.1 Å². The maximum Gasteiger partial charge on any atom is 0.252 e. The first-order valence-electron chi connectivity index (χ1n) is 5.80. The first-order valence-corrected chi connectivity index (χ1v) is 5.80. The van der Waals surface area contributed by atoms with Crippen LogP contribution in [0.15, 0.2) is 4.52 Å². The fourth-order valence-electron chi connectivity index (χ4n) is 1.88. The van der Waals surface area contributed by atoms with E-state index in [1.54, 1.807) is 6.92 Å². The van der Waals surface area contributed by atoms with Crippen LogP contribution in [0.25, 0.3) is 0 Å². The molecule has 0 N–H and O–H groups in total. The van der Waals surface area contributed by atoms with E-state index in [0.717, 1.165) is 19.5 Å². The molecule has 0 radical (unpaired) electrons. The number of nitrogens with zero attached hydrogens (tertiary/aromatic N) is 3. The molecule has 0 spiro atoms. The molecule has 1 atom stereocenters. The van der Waals surface area contributed by atoms with Gasteiger partial charge in [0.2, 0.25) is 5.91 Å². The molecule has 1 fully saturated rings. The number of ether oxygens (including phenoxy) is 1. The molecule has 6 nitrogen and oxygen atoms in total. The minimum absolute atomic E-state index is 0.0330. The van der Waals surface area contributed by atoms with E-state index in [4.69, 9.17) is 9.26 Å². The summed E-state index contributed by atoms with van der Waals surface area (Å²) < 4.78 is 10.1. The van der Waals surface area contributed by atoms with Crippen molar-refractivity contribution < 1.29 is 14.1 Å². The minimum atomic E-state index is 0.0330. The summed E-state index contributed by atoms with van der Waals surface area (Å²) in [5.74, 6) is 1.61. The molecule has 1 saturated heterocycles. The Kier molecular flexibility index (Phi) is 3.73. The Morgan fingerprint density at radius 1 is 1.65 bits per heavy atom. The number of aryl methyl sites for hydroxylation is 1. The smallest absolute Gasteiger partial charge is 0.252 e. The van der Waals surface area contributed by atoms with E-state index in [-0.39, 0.29) is 19.1 Å². The number of hydrogen-bond acceptors (Lipinski definition) is 5. The maximum atomic E-state index is 11.7. The number of rotatable bonds is 4. The van der Waals surface area contributed by atoms with Crippen LogP contribution >= 0.6 is 0 Å². The third-order valence-corrected chi connectivity index (χ3v) is 2.80. The maximum absolute atomic E-state index is 11.7. The van der Waals surface area contributed by atoms with Crippen molar-refractivity contribution in [1.29, 1.82) is 0 Å². The summed E-state index contributed by atoms with van der Waals surface area (Å²) in [6, 6.07) is 0. The van der Waals surface area contributed by atoms with Gasteiger partial charge < -0.3 is 14.2 Å². The zero-order chi connectivity index (χ0) is 12.3. The van der Waals surface area contributed by atoms with Gasteiger partial charge in [-0.2, -0.15) is 4.98 Å². The monoisotopic (exact) mass is 239 g/mol. The molecule has 6 heteroatoms. The highest BCUT2D eigenvalue weighted by molar-refractivity contribution is 5.77. The van der Waals surface area contributed by atoms with Crippen LogP contribution in [0.3, 0.4) is 0 Å². The van der Waals surface area contributed by atoms with Crippen LogP contribution in [-0.4, -0.2) is 40.6 Å². The number of hydrogen-bond donors (Lipinski definition) is 0. The second kappa shape index (κ2) is 5.27. The lowest BCUT2D eigenvalue weighted by atomic mass is 10.2. The van der Waals surface area contributed by atoms with Gasteiger partial charge in [0.15, 0.2) is 5.82 Å². The zero-order valence-corrected chi connectivity index (χ0v) is 10.2. The number of carbonyl (C=O) groups is 1. The van der Waals surface area contributed by atoms with Crippen molar-refractivity contribution in [2.24, 2.45) is 5.92 Å². The first kappa shape index (κ1) is 12.0. The number of carbonyl (C=O) groups excluding carboxylic acids is 1. The van der Waals surface area contributed by atoms with Crippen molar-refractivity contribution in [3.05, 3.63) is 11.7 Å². The molecule has 0 aromatic carbocycles. The predicted octanol–water partition coefficient (Wildman–Crippen LogP) is 0.763. The van der Waals surface area contributed by atoms with Crippen molar-refractivity contribution in [2.75, 3.05) is 19.7 Å². The Bertz CT molecular complexity index is 391.